The number of nitrogens with one attached hydrogen (secondary N) is 2. The van der Waals surface area contributed by atoms with Gasteiger partial charge in [0, 0.05) is 39.5 Å². The third-order valence-corrected chi connectivity index (χ3v) is 4.63. The van der Waals surface area contributed by atoms with E-state index in [2.05, 4.69) is 30.4 Å². The van der Waals surface area contributed by atoms with Gasteiger partial charge in [-0.15, -0.1) is 10.2 Å². The maximum atomic E-state index is 13.2. The predicted octanol–water partition coefficient (Wildman–Crippen LogP) is 2.44. The molecule has 1 aromatic heterocycles. The summed E-state index contributed by atoms with van der Waals surface area (Å²) in [6.07, 6.45) is 6.61. The molecule has 140 valence electrons. The van der Waals surface area contributed by atoms with Gasteiger partial charge in [0.15, 0.2) is 5.96 Å². The van der Waals surface area contributed by atoms with Crippen LogP contribution in [0.1, 0.15) is 42.9 Å². The lowest BCUT2D eigenvalue weighted by molar-refractivity contribution is 0.593. The van der Waals surface area contributed by atoms with Crippen molar-refractivity contribution in [3.8, 4) is 0 Å². The van der Waals surface area contributed by atoms with Crippen LogP contribution in [0.25, 0.3) is 0 Å². The van der Waals surface area contributed by atoms with E-state index in [0.717, 1.165) is 49.6 Å². The minimum atomic E-state index is -0.223. The summed E-state index contributed by atoms with van der Waals surface area (Å²) in [5.41, 5.74) is 0.888. The molecule has 7 heteroatoms. The highest BCUT2D eigenvalue weighted by Crippen LogP contribution is 2.15. The molecule has 1 aliphatic rings. The van der Waals surface area contributed by atoms with Gasteiger partial charge in [-0.1, -0.05) is 18.6 Å². The van der Waals surface area contributed by atoms with Gasteiger partial charge in [-0.3, -0.25) is 4.99 Å². The Morgan fingerprint density at radius 1 is 1.23 bits per heavy atom. The van der Waals surface area contributed by atoms with E-state index in [-0.39, 0.29) is 5.82 Å². The van der Waals surface area contributed by atoms with Crippen LogP contribution in [0.4, 0.5) is 4.39 Å². The molecular formula is C19H27FN6. The second kappa shape index (κ2) is 9.31. The molecular weight excluding hydrogens is 331 g/mol. The summed E-state index contributed by atoms with van der Waals surface area (Å²) < 4.78 is 15.5. The molecule has 2 aromatic rings. The molecule has 3 rings (SSSR count). The molecule has 0 aliphatic carbocycles. The maximum absolute atomic E-state index is 13.2. The number of benzene rings is 1. The van der Waals surface area contributed by atoms with Gasteiger partial charge in [-0.25, -0.2) is 4.39 Å². The van der Waals surface area contributed by atoms with Crippen LogP contribution in [-0.4, -0.2) is 34.3 Å². The van der Waals surface area contributed by atoms with Crippen LogP contribution in [0.15, 0.2) is 29.3 Å². The third-order valence-electron chi connectivity index (χ3n) is 4.63. The largest absolute Gasteiger partial charge is 0.356 e. The van der Waals surface area contributed by atoms with Crippen LogP contribution in [0.5, 0.6) is 0 Å². The summed E-state index contributed by atoms with van der Waals surface area (Å²) in [6, 6.07) is 6.57. The minimum absolute atomic E-state index is 0.223. The number of aromatic nitrogens is 3. The van der Waals surface area contributed by atoms with Crippen molar-refractivity contribution in [1.82, 2.24) is 25.4 Å². The van der Waals surface area contributed by atoms with Gasteiger partial charge in [0.1, 0.15) is 17.5 Å². The van der Waals surface area contributed by atoms with E-state index in [1.165, 1.54) is 31.4 Å². The fraction of sp³-hybridized carbons (Fsp3) is 0.526. The number of hydrogen-bond donors (Lipinski definition) is 2. The molecule has 0 amide bonds. The van der Waals surface area contributed by atoms with E-state index in [4.69, 9.17) is 0 Å². The SMILES string of the molecule is CN=C(NCCCc1nnc2n1CCCCC2)NCc1cccc(F)c1. The van der Waals surface area contributed by atoms with Crippen molar-refractivity contribution in [2.75, 3.05) is 13.6 Å². The summed E-state index contributed by atoms with van der Waals surface area (Å²) in [4.78, 5) is 4.21. The van der Waals surface area contributed by atoms with Crippen molar-refractivity contribution in [2.45, 2.75) is 51.6 Å². The number of fused-ring (bicyclic) bond motifs is 1. The molecule has 1 aliphatic heterocycles. The monoisotopic (exact) mass is 358 g/mol. The molecule has 0 spiro atoms. The normalized spacial score (nSPS) is 14.6. The van der Waals surface area contributed by atoms with Crippen molar-refractivity contribution in [3.63, 3.8) is 0 Å². The Balaban J connectivity index is 1.41. The molecule has 0 saturated carbocycles. The molecule has 2 N–H and O–H groups in total. The lowest BCUT2D eigenvalue weighted by Gasteiger charge is -2.12. The quantitative estimate of drug-likeness (QED) is 0.473. The minimum Gasteiger partial charge on any atom is -0.356 e. The first-order chi connectivity index (χ1) is 12.8. The van der Waals surface area contributed by atoms with Gasteiger partial charge >= 0.3 is 0 Å². The van der Waals surface area contributed by atoms with Crippen LogP contribution in [0, 0.1) is 5.82 Å². The van der Waals surface area contributed by atoms with Gasteiger partial charge in [-0.05, 0) is 37.0 Å². The number of guanidine groups is 1. The van der Waals surface area contributed by atoms with Crippen molar-refractivity contribution in [2.24, 2.45) is 4.99 Å². The average molecular weight is 358 g/mol. The summed E-state index contributed by atoms with van der Waals surface area (Å²) in [6.45, 7) is 2.38. The van der Waals surface area contributed by atoms with E-state index >= 15 is 0 Å². The highest BCUT2D eigenvalue weighted by atomic mass is 19.1. The van der Waals surface area contributed by atoms with Gasteiger partial charge in [0.25, 0.3) is 0 Å². The first-order valence-electron chi connectivity index (χ1n) is 9.36. The molecule has 0 bridgehead atoms. The van der Waals surface area contributed by atoms with Crippen LogP contribution in [0.2, 0.25) is 0 Å². The second-order valence-corrected chi connectivity index (χ2v) is 6.58. The van der Waals surface area contributed by atoms with E-state index in [1.54, 1.807) is 13.1 Å². The number of halogens is 1. The fourth-order valence-corrected chi connectivity index (χ4v) is 3.24. The van der Waals surface area contributed by atoms with Crippen molar-refractivity contribution >= 4 is 5.96 Å². The van der Waals surface area contributed by atoms with Crippen LogP contribution in [0.3, 0.4) is 0 Å². The molecule has 6 nitrogen and oxygen atoms in total. The van der Waals surface area contributed by atoms with Crippen LogP contribution >= 0.6 is 0 Å². The maximum Gasteiger partial charge on any atom is 0.191 e. The zero-order valence-corrected chi connectivity index (χ0v) is 15.3. The summed E-state index contributed by atoms with van der Waals surface area (Å²) >= 11 is 0. The zero-order chi connectivity index (χ0) is 18.2. The van der Waals surface area contributed by atoms with Crippen molar-refractivity contribution in [3.05, 3.63) is 47.3 Å². The van der Waals surface area contributed by atoms with Crippen LogP contribution < -0.4 is 10.6 Å². The lowest BCUT2D eigenvalue weighted by atomic mass is 10.2. The Kier molecular flexibility index (Phi) is 6.57. The molecule has 2 heterocycles. The molecule has 0 saturated heterocycles. The van der Waals surface area contributed by atoms with Crippen LogP contribution in [-0.2, 0) is 25.9 Å². The first kappa shape index (κ1) is 18.4. The highest BCUT2D eigenvalue weighted by Gasteiger charge is 2.14. The van der Waals surface area contributed by atoms with Crippen molar-refractivity contribution in [1.29, 1.82) is 0 Å². The van der Waals surface area contributed by atoms with Gasteiger partial charge in [0.05, 0.1) is 0 Å². The Morgan fingerprint density at radius 2 is 2.15 bits per heavy atom. The van der Waals surface area contributed by atoms with E-state index in [9.17, 15) is 4.39 Å². The molecule has 0 radical (unpaired) electrons. The molecule has 0 atom stereocenters. The Morgan fingerprint density at radius 3 is 3.00 bits per heavy atom. The number of aryl methyl sites for hydroxylation is 2. The lowest BCUT2D eigenvalue weighted by Crippen LogP contribution is -2.37. The van der Waals surface area contributed by atoms with Crippen molar-refractivity contribution < 1.29 is 4.39 Å². The van der Waals surface area contributed by atoms with E-state index < -0.39 is 0 Å². The number of hydrogen-bond acceptors (Lipinski definition) is 3. The number of nitrogens with zero attached hydrogens (tertiary/aromatic N) is 4. The highest BCUT2D eigenvalue weighted by molar-refractivity contribution is 5.79. The Labute approximate surface area is 153 Å². The number of rotatable bonds is 6. The molecule has 0 unspecified atom stereocenters. The first-order valence-corrected chi connectivity index (χ1v) is 9.36. The fourth-order valence-electron chi connectivity index (χ4n) is 3.24. The van der Waals surface area contributed by atoms with Gasteiger partial charge in [0.2, 0.25) is 0 Å². The van der Waals surface area contributed by atoms with E-state index in [0.29, 0.717) is 12.5 Å². The smallest absolute Gasteiger partial charge is 0.191 e. The topological polar surface area (TPSA) is 67.1 Å². The summed E-state index contributed by atoms with van der Waals surface area (Å²) in [5, 5.41) is 15.2. The second-order valence-electron chi connectivity index (χ2n) is 6.58. The summed E-state index contributed by atoms with van der Waals surface area (Å²) in [7, 11) is 1.74. The van der Waals surface area contributed by atoms with Gasteiger partial charge in [-0.2, -0.15) is 0 Å². The average Bonchev–Trinajstić information content (AvgIpc) is 2.87. The Hall–Kier alpha value is -2.44. The third kappa shape index (κ3) is 5.03. The van der Waals surface area contributed by atoms with E-state index in [1.807, 2.05) is 6.07 Å². The molecule has 0 fully saturated rings. The molecule has 26 heavy (non-hydrogen) atoms. The summed E-state index contributed by atoms with van der Waals surface area (Å²) in [5.74, 6) is 2.72. The predicted molar refractivity (Wildman–Crippen MR) is 100 cm³/mol. The molecule has 1 aromatic carbocycles. The van der Waals surface area contributed by atoms with Gasteiger partial charge < -0.3 is 15.2 Å². The Bertz CT molecular complexity index is 739. The standard InChI is InChI=1S/C19H27FN6/c1-21-19(23-14-15-7-5-8-16(20)13-15)22-11-6-10-18-25-24-17-9-3-2-4-12-26(17)18/h5,7-8,13H,2-4,6,9-12,14H2,1H3,(H2,21,22,23). The zero-order valence-electron chi connectivity index (χ0n) is 15.3. The number of aliphatic imine (C=N–C) groups is 1.